The Morgan fingerprint density at radius 2 is 1.77 bits per heavy atom. The molecule has 0 aliphatic carbocycles. The highest BCUT2D eigenvalue weighted by molar-refractivity contribution is 6.31. The van der Waals surface area contributed by atoms with Crippen molar-refractivity contribution in [3.05, 3.63) is 59.1 Å². The smallest absolute Gasteiger partial charge is 0.242 e. The van der Waals surface area contributed by atoms with Crippen molar-refractivity contribution in [2.45, 2.75) is 38.8 Å². The Hall–Kier alpha value is -2.73. The molecule has 6 nitrogen and oxygen atoms in total. The molecule has 7 heteroatoms. The van der Waals surface area contributed by atoms with Crippen molar-refractivity contribution in [3.8, 4) is 11.5 Å². The van der Waals surface area contributed by atoms with Crippen LogP contribution >= 0.6 is 11.6 Å². The highest BCUT2D eigenvalue weighted by atomic mass is 35.5. The van der Waals surface area contributed by atoms with Gasteiger partial charge in [-0.2, -0.15) is 0 Å². The molecule has 1 N–H and O–H groups in total. The summed E-state index contributed by atoms with van der Waals surface area (Å²) >= 11 is 6.28. The van der Waals surface area contributed by atoms with Crippen molar-refractivity contribution < 1.29 is 19.1 Å². The number of carbonyl (C=O) groups excluding carboxylic acids is 2. The molecular weight excluding hydrogens is 404 g/mol. The summed E-state index contributed by atoms with van der Waals surface area (Å²) < 4.78 is 10.8. The minimum Gasteiger partial charge on any atom is -0.497 e. The molecule has 0 aliphatic heterocycles. The number of ether oxygens (including phenoxy) is 2. The van der Waals surface area contributed by atoms with E-state index in [1.807, 2.05) is 49.4 Å². The minimum absolute atomic E-state index is 0.108. The maximum atomic E-state index is 13.0. The fourth-order valence-corrected chi connectivity index (χ4v) is 3.32. The van der Waals surface area contributed by atoms with Crippen LogP contribution < -0.4 is 14.8 Å². The normalized spacial score (nSPS) is 11.5. The quantitative estimate of drug-likeness (QED) is 0.544. The maximum absolute atomic E-state index is 13.0. The number of likely N-dealkylation sites (N-methyl/N-ethyl adjacent to an activating group) is 1. The number of halogens is 1. The minimum atomic E-state index is -0.554. The van der Waals surface area contributed by atoms with Gasteiger partial charge in [0.25, 0.3) is 0 Å². The van der Waals surface area contributed by atoms with Gasteiger partial charge in [-0.15, -0.1) is 0 Å². The van der Waals surface area contributed by atoms with Gasteiger partial charge in [0.1, 0.15) is 17.5 Å². The topological polar surface area (TPSA) is 67.9 Å². The second-order valence-electron chi connectivity index (χ2n) is 6.78. The lowest BCUT2D eigenvalue weighted by Gasteiger charge is -2.30. The average molecular weight is 433 g/mol. The Bertz CT molecular complexity index is 826. The van der Waals surface area contributed by atoms with Gasteiger partial charge in [-0.3, -0.25) is 9.59 Å². The second-order valence-corrected chi connectivity index (χ2v) is 7.19. The molecule has 0 unspecified atom stereocenters. The molecule has 0 bridgehead atoms. The molecule has 2 rings (SSSR count). The number of benzene rings is 2. The molecule has 0 spiro atoms. The third kappa shape index (κ3) is 6.66. The predicted molar refractivity (Wildman–Crippen MR) is 118 cm³/mol. The molecule has 2 aromatic rings. The van der Waals surface area contributed by atoms with Crippen LogP contribution in [0.1, 0.15) is 31.7 Å². The van der Waals surface area contributed by atoms with Crippen molar-refractivity contribution >= 4 is 23.4 Å². The lowest BCUT2D eigenvalue weighted by Crippen LogP contribution is -2.48. The first kappa shape index (κ1) is 23.5. The summed E-state index contributed by atoms with van der Waals surface area (Å²) in [5.41, 5.74) is 0.810. The fraction of sp³-hybridized carbons (Fsp3) is 0.391. The van der Waals surface area contributed by atoms with Crippen molar-refractivity contribution in [2.75, 3.05) is 20.8 Å². The Labute approximate surface area is 183 Å². The second kappa shape index (κ2) is 12.1. The van der Waals surface area contributed by atoms with Gasteiger partial charge in [0.05, 0.1) is 13.7 Å². The highest BCUT2D eigenvalue weighted by Crippen LogP contribution is 2.21. The summed E-state index contributed by atoms with van der Waals surface area (Å²) in [4.78, 5) is 27.0. The number of carbonyl (C=O) groups is 2. The van der Waals surface area contributed by atoms with E-state index in [1.54, 1.807) is 25.1 Å². The van der Waals surface area contributed by atoms with Crippen molar-refractivity contribution in [3.63, 3.8) is 0 Å². The van der Waals surface area contributed by atoms with Gasteiger partial charge in [-0.05, 0) is 48.7 Å². The number of methoxy groups -OCH3 is 1. The summed E-state index contributed by atoms with van der Waals surface area (Å²) in [5.74, 6) is 1.18. The average Bonchev–Trinajstić information content (AvgIpc) is 2.77. The molecule has 0 radical (unpaired) electrons. The van der Waals surface area contributed by atoms with Crippen LogP contribution in [-0.4, -0.2) is 43.5 Å². The number of nitrogens with one attached hydrogen (secondary N) is 1. The molecule has 162 valence electrons. The van der Waals surface area contributed by atoms with Gasteiger partial charge in [-0.25, -0.2) is 0 Å². The summed E-state index contributed by atoms with van der Waals surface area (Å²) in [6.45, 7) is 2.57. The SMILES string of the molecule is CC[C@@H](C(=O)NC)N(Cc1ccccc1Cl)C(=O)CCCOc1ccc(OC)cc1. The number of amides is 2. The Balaban J connectivity index is 2.00. The van der Waals surface area contributed by atoms with E-state index >= 15 is 0 Å². The van der Waals surface area contributed by atoms with Crippen LogP contribution in [-0.2, 0) is 16.1 Å². The third-order valence-corrected chi connectivity index (χ3v) is 5.16. The molecule has 0 saturated heterocycles. The largest absolute Gasteiger partial charge is 0.497 e. The van der Waals surface area contributed by atoms with Crippen LogP contribution in [0.15, 0.2) is 48.5 Å². The predicted octanol–water partition coefficient (Wildman–Crippen LogP) is 4.06. The van der Waals surface area contributed by atoms with Crippen molar-refractivity contribution in [2.24, 2.45) is 0 Å². The zero-order valence-electron chi connectivity index (χ0n) is 17.7. The molecule has 0 heterocycles. The highest BCUT2D eigenvalue weighted by Gasteiger charge is 2.28. The monoisotopic (exact) mass is 432 g/mol. The van der Waals surface area contributed by atoms with Crippen LogP contribution in [0.3, 0.4) is 0 Å². The fourth-order valence-electron chi connectivity index (χ4n) is 3.13. The standard InChI is InChI=1S/C23H29ClN2O4/c1-4-21(23(28)25-2)26(16-17-8-5-6-9-20(17)24)22(27)10-7-15-30-19-13-11-18(29-3)12-14-19/h5-6,8-9,11-14,21H,4,7,10,15-16H2,1-3H3,(H,25,28)/t21-/m0/s1. The molecule has 30 heavy (non-hydrogen) atoms. The summed E-state index contributed by atoms with van der Waals surface area (Å²) in [7, 11) is 3.18. The van der Waals surface area contributed by atoms with E-state index in [1.165, 1.54) is 0 Å². The number of hydrogen-bond donors (Lipinski definition) is 1. The van der Waals surface area contributed by atoms with Gasteiger partial charge < -0.3 is 19.7 Å². The zero-order valence-corrected chi connectivity index (χ0v) is 18.4. The summed E-state index contributed by atoms with van der Waals surface area (Å²) in [6.07, 6.45) is 1.32. The van der Waals surface area contributed by atoms with Crippen LogP contribution in [0.2, 0.25) is 5.02 Å². The van der Waals surface area contributed by atoms with E-state index in [4.69, 9.17) is 21.1 Å². The summed E-state index contributed by atoms with van der Waals surface area (Å²) in [6, 6.07) is 14.1. The van der Waals surface area contributed by atoms with E-state index in [-0.39, 0.29) is 24.8 Å². The van der Waals surface area contributed by atoms with Crippen LogP contribution in [0, 0.1) is 0 Å². The molecule has 0 saturated carbocycles. The van der Waals surface area contributed by atoms with Crippen LogP contribution in [0.4, 0.5) is 0 Å². The number of rotatable bonds is 11. The first-order valence-corrected chi connectivity index (χ1v) is 10.4. The van der Waals surface area contributed by atoms with Gasteiger partial charge in [0.15, 0.2) is 0 Å². The zero-order chi connectivity index (χ0) is 21.9. The van der Waals surface area contributed by atoms with E-state index in [0.29, 0.717) is 30.2 Å². The van der Waals surface area contributed by atoms with Crippen molar-refractivity contribution in [1.29, 1.82) is 0 Å². The van der Waals surface area contributed by atoms with E-state index in [2.05, 4.69) is 5.32 Å². The Kier molecular flexibility index (Phi) is 9.48. The Morgan fingerprint density at radius 3 is 2.37 bits per heavy atom. The van der Waals surface area contributed by atoms with Gasteiger partial charge in [-0.1, -0.05) is 36.7 Å². The first-order valence-electron chi connectivity index (χ1n) is 10.0. The number of hydrogen-bond acceptors (Lipinski definition) is 4. The molecule has 2 aromatic carbocycles. The molecule has 0 aliphatic rings. The maximum Gasteiger partial charge on any atom is 0.242 e. The third-order valence-electron chi connectivity index (χ3n) is 4.79. The van der Waals surface area contributed by atoms with Crippen molar-refractivity contribution in [1.82, 2.24) is 10.2 Å². The van der Waals surface area contributed by atoms with E-state index in [0.717, 1.165) is 11.3 Å². The van der Waals surface area contributed by atoms with Crippen LogP contribution in [0.25, 0.3) is 0 Å². The van der Waals surface area contributed by atoms with E-state index in [9.17, 15) is 9.59 Å². The number of nitrogens with zero attached hydrogens (tertiary/aromatic N) is 1. The van der Waals surface area contributed by atoms with Gasteiger partial charge in [0, 0.05) is 25.0 Å². The van der Waals surface area contributed by atoms with Gasteiger partial charge >= 0.3 is 0 Å². The molecular formula is C23H29ClN2O4. The molecule has 1 atom stereocenters. The molecule has 0 fully saturated rings. The molecule has 0 aromatic heterocycles. The lowest BCUT2D eigenvalue weighted by atomic mass is 10.1. The van der Waals surface area contributed by atoms with Gasteiger partial charge in [0.2, 0.25) is 11.8 Å². The molecule has 2 amide bonds. The lowest BCUT2D eigenvalue weighted by molar-refractivity contribution is -0.141. The summed E-state index contributed by atoms with van der Waals surface area (Å²) in [5, 5.41) is 3.22. The first-order chi connectivity index (χ1) is 14.5. The Morgan fingerprint density at radius 1 is 1.10 bits per heavy atom. The van der Waals surface area contributed by atoms with Crippen LogP contribution in [0.5, 0.6) is 11.5 Å². The van der Waals surface area contributed by atoms with E-state index < -0.39 is 6.04 Å².